The van der Waals surface area contributed by atoms with Gasteiger partial charge >= 0.3 is 5.97 Å². The lowest BCUT2D eigenvalue weighted by Crippen LogP contribution is -2.43. The van der Waals surface area contributed by atoms with Gasteiger partial charge in [0.1, 0.15) is 6.04 Å². The lowest BCUT2D eigenvalue weighted by Gasteiger charge is -2.18. The third-order valence-electron chi connectivity index (χ3n) is 4.46. The Morgan fingerprint density at radius 3 is 2.26 bits per heavy atom. The number of halogens is 1. The Morgan fingerprint density at radius 2 is 1.68 bits per heavy atom. The average molecular weight is 511 g/mol. The van der Waals surface area contributed by atoms with Crippen molar-refractivity contribution in [2.75, 3.05) is 11.9 Å². The van der Waals surface area contributed by atoms with Crippen LogP contribution in [0.25, 0.3) is 0 Å². The number of ether oxygens (including phenoxy) is 1. The molecule has 0 bridgehead atoms. The largest absolute Gasteiger partial charge is 0.466 e. The molecule has 2 aromatic rings. The van der Waals surface area contributed by atoms with Crippen molar-refractivity contribution in [3.8, 4) is 0 Å². The van der Waals surface area contributed by atoms with Gasteiger partial charge < -0.3 is 10.1 Å². The van der Waals surface area contributed by atoms with Crippen molar-refractivity contribution in [3.05, 3.63) is 58.6 Å². The van der Waals surface area contributed by atoms with Crippen LogP contribution in [0.3, 0.4) is 0 Å². The van der Waals surface area contributed by atoms with Crippen LogP contribution in [0.15, 0.2) is 57.9 Å². The first-order valence-corrected chi connectivity index (χ1v) is 12.4. The molecule has 0 aromatic heterocycles. The zero-order valence-electron chi connectivity index (χ0n) is 17.6. The van der Waals surface area contributed by atoms with Crippen LogP contribution in [0.2, 0.25) is 0 Å². The van der Waals surface area contributed by atoms with Gasteiger partial charge in [-0.3, -0.25) is 9.59 Å². The molecule has 7 nitrogen and oxygen atoms in total. The van der Waals surface area contributed by atoms with Gasteiger partial charge in [0.15, 0.2) is 0 Å². The summed E-state index contributed by atoms with van der Waals surface area (Å²) in [6.07, 6.45) is 2.04. The van der Waals surface area contributed by atoms with Gasteiger partial charge in [-0.15, -0.1) is 0 Å². The van der Waals surface area contributed by atoms with Crippen molar-refractivity contribution < 1.29 is 22.7 Å². The number of sulfonamides is 1. The van der Waals surface area contributed by atoms with Gasteiger partial charge in [0.2, 0.25) is 15.9 Å². The molecule has 0 fully saturated rings. The molecule has 31 heavy (non-hydrogen) atoms. The normalized spacial score (nSPS) is 12.2. The summed E-state index contributed by atoms with van der Waals surface area (Å²) < 4.78 is 33.7. The van der Waals surface area contributed by atoms with Gasteiger partial charge in [-0.25, -0.2) is 8.42 Å². The highest BCUT2D eigenvalue weighted by Crippen LogP contribution is 2.17. The molecule has 0 aliphatic carbocycles. The Hall–Kier alpha value is -2.23. The standard InChI is InChI=1S/C22H27BrN2O5S/c1-3-5-6-20(25-31(28,29)19-13-9-17(23)10-14-19)22(27)24-18-11-7-16(8-12-18)15-21(26)30-4-2/h7-14,20,25H,3-6,15H2,1-2H3,(H,24,27)/t20-/m0/s1. The molecule has 1 amide bonds. The molecule has 0 heterocycles. The first-order valence-electron chi connectivity index (χ1n) is 10.1. The van der Waals surface area contributed by atoms with Crippen molar-refractivity contribution in [3.63, 3.8) is 0 Å². The summed E-state index contributed by atoms with van der Waals surface area (Å²) in [6.45, 7) is 4.04. The summed E-state index contributed by atoms with van der Waals surface area (Å²) in [5.41, 5.74) is 1.27. The van der Waals surface area contributed by atoms with Gasteiger partial charge in [0, 0.05) is 10.2 Å². The highest BCUT2D eigenvalue weighted by atomic mass is 79.9. The lowest BCUT2D eigenvalue weighted by molar-refractivity contribution is -0.142. The fourth-order valence-corrected chi connectivity index (χ4v) is 4.33. The molecule has 1 atom stereocenters. The van der Waals surface area contributed by atoms with E-state index >= 15 is 0 Å². The summed E-state index contributed by atoms with van der Waals surface area (Å²) in [7, 11) is -3.85. The van der Waals surface area contributed by atoms with Gasteiger partial charge in [-0.2, -0.15) is 4.72 Å². The van der Waals surface area contributed by atoms with Crippen molar-refractivity contribution in [1.82, 2.24) is 4.72 Å². The summed E-state index contributed by atoms with van der Waals surface area (Å²) >= 11 is 3.28. The van der Waals surface area contributed by atoms with E-state index in [0.717, 1.165) is 16.5 Å². The quantitative estimate of drug-likeness (QED) is 0.444. The van der Waals surface area contributed by atoms with Gasteiger partial charge in [-0.1, -0.05) is 47.8 Å². The number of carbonyl (C=O) groups excluding carboxylic acids is 2. The van der Waals surface area contributed by atoms with E-state index in [1.54, 1.807) is 43.3 Å². The van der Waals surface area contributed by atoms with Gasteiger partial charge in [0.05, 0.1) is 17.9 Å². The minimum Gasteiger partial charge on any atom is -0.466 e. The van der Waals surface area contributed by atoms with Crippen LogP contribution in [0.1, 0.15) is 38.7 Å². The number of anilines is 1. The summed E-state index contributed by atoms with van der Waals surface area (Å²) in [5.74, 6) is -0.756. The number of hydrogen-bond acceptors (Lipinski definition) is 5. The predicted molar refractivity (Wildman–Crippen MR) is 123 cm³/mol. The number of rotatable bonds is 11. The number of hydrogen-bond donors (Lipinski definition) is 2. The maximum Gasteiger partial charge on any atom is 0.310 e. The van der Waals surface area contributed by atoms with E-state index in [0.29, 0.717) is 25.1 Å². The molecule has 0 saturated carbocycles. The first-order chi connectivity index (χ1) is 14.7. The minimum atomic E-state index is -3.85. The van der Waals surface area contributed by atoms with E-state index in [1.807, 2.05) is 6.92 Å². The number of benzene rings is 2. The molecule has 0 spiro atoms. The lowest BCUT2D eigenvalue weighted by atomic mass is 10.1. The highest BCUT2D eigenvalue weighted by molar-refractivity contribution is 9.10. The van der Waals surface area contributed by atoms with Gasteiger partial charge in [0.25, 0.3) is 0 Å². The Labute approximate surface area is 191 Å². The maximum absolute atomic E-state index is 12.8. The summed E-state index contributed by atoms with van der Waals surface area (Å²) in [5, 5.41) is 2.75. The zero-order valence-corrected chi connectivity index (χ0v) is 20.0. The van der Waals surface area contributed by atoms with Crippen molar-refractivity contribution in [2.24, 2.45) is 0 Å². The molecule has 0 unspecified atom stereocenters. The van der Waals surface area contributed by atoms with E-state index in [-0.39, 0.29) is 17.3 Å². The number of amides is 1. The number of unbranched alkanes of at least 4 members (excludes halogenated alkanes) is 1. The number of carbonyl (C=O) groups is 2. The Morgan fingerprint density at radius 1 is 1.03 bits per heavy atom. The van der Waals surface area contributed by atoms with Crippen LogP contribution in [-0.2, 0) is 30.8 Å². The molecule has 9 heteroatoms. The average Bonchev–Trinajstić information content (AvgIpc) is 2.73. The molecule has 0 saturated heterocycles. The van der Waals surface area contributed by atoms with Crippen LogP contribution >= 0.6 is 15.9 Å². The summed E-state index contributed by atoms with van der Waals surface area (Å²) in [4.78, 5) is 24.5. The van der Waals surface area contributed by atoms with Crippen LogP contribution < -0.4 is 10.0 Å². The molecular weight excluding hydrogens is 484 g/mol. The Balaban J connectivity index is 2.08. The molecule has 0 radical (unpaired) electrons. The topological polar surface area (TPSA) is 102 Å². The van der Waals surface area contributed by atoms with E-state index in [4.69, 9.17) is 4.74 Å². The second-order valence-corrected chi connectivity index (χ2v) is 9.57. The van der Waals surface area contributed by atoms with Crippen molar-refractivity contribution >= 4 is 43.5 Å². The summed E-state index contributed by atoms with van der Waals surface area (Å²) in [6, 6.07) is 12.1. The van der Waals surface area contributed by atoms with E-state index in [9.17, 15) is 18.0 Å². The van der Waals surface area contributed by atoms with Crippen molar-refractivity contribution in [2.45, 2.75) is 50.5 Å². The number of esters is 1. The zero-order chi connectivity index (χ0) is 22.9. The minimum absolute atomic E-state index is 0.0910. The maximum atomic E-state index is 12.8. The second-order valence-electron chi connectivity index (χ2n) is 6.94. The van der Waals surface area contributed by atoms with Crippen molar-refractivity contribution in [1.29, 1.82) is 0 Å². The fraction of sp³-hybridized carbons (Fsp3) is 0.364. The molecule has 2 rings (SSSR count). The monoisotopic (exact) mass is 510 g/mol. The van der Waals surface area contributed by atoms with Gasteiger partial charge in [-0.05, 0) is 55.3 Å². The highest BCUT2D eigenvalue weighted by Gasteiger charge is 2.25. The number of nitrogens with one attached hydrogen (secondary N) is 2. The molecule has 168 valence electrons. The van der Waals surface area contributed by atoms with E-state index in [2.05, 4.69) is 26.0 Å². The van der Waals surface area contributed by atoms with E-state index < -0.39 is 22.0 Å². The fourth-order valence-electron chi connectivity index (χ4n) is 2.83. The predicted octanol–water partition coefficient (Wildman–Crippen LogP) is 4.03. The molecule has 2 N–H and O–H groups in total. The van der Waals surface area contributed by atoms with Crippen LogP contribution in [-0.4, -0.2) is 32.9 Å². The molecule has 2 aromatic carbocycles. The SMILES string of the molecule is CCCC[C@H](NS(=O)(=O)c1ccc(Br)cc1)C(=O)Nc1ccc(CC(=O)OCC)cc1. The second kappa shape index (κ2) is 12.0. The smallest absolute Gasteiger partial charge is 0.310 e. The molecule has 0 aliphatic heterocycles. The Bertz CT molecular complexity index is 976. The first kappa shape index (κ1) is 25.0. The van der Waals surface area contributed by atoms with Crippen LogP contribution in [0.5, 0.6) is 0 Å². The Kier molecular flexibility index (Phi) is 9.67. The molecule has 0 aliphatic rings. The molecular formula is C22H27BrN2O5S. The van der Waals surface area contributed by atoms with Crippen LogP contribution in [0, 0.1) is 0 Å². The third-order valence-corrected chi connectivity index (χ3v) is 6.48. The van der Waals surface area contributed by atoms with Crippen LogP contribution in [0.4, 0.5) is 5.69 Å². The third kappa shape index (κ3) is 8.08. The van der Waals surface area contributed by atoms with E-state index in [1.165, 1.54) is 12.1 Å².